The lowest BCUT2D eigenvalue weighted by Crippen LogP contribution is -2.56. The number of hydrogen-bond donors (Lipinski definition) is 4. The van der Waals surface area contributed by atoms with E-state index in [9.17, 15) is 15.0 Å². The number of methoxy groups -OCH3 is 1. The molecule has 0 aromatic rings. The maximum atomic E-state index is 10.5. The highest BCUT2D eigenvalue weighted by atomic mass is 16.5. The number of aldehydes is 1. The number of aliphatic hydroxyl groups excluding tert-OH is 3. The van der Waals surface area contributed by atoms with E-state index in [1.807, 2.05) is 0 Å². The Labute approximate surface area is 81.7 Å². The highest BCUT2D eigenvalue weighted by Crippen LogP contribution is 2.19. The molecule has 0 aliphatic rings. The predicted molar refractivity (Wildman–Crippen MR) is 46.6 cm³/mol. The van der Waals surface area contributed by atoms with Crippen molar-refractivity contribution in [3.8, 4) is 0 Å². The van der Waals surface area contributed by atoms with Crippen molar-refractivity contribution in [2.75, 3.05) is 13.7 Å². The van der Waals surface area contributed by atoms with Crippen LogP contribution in [0, 0.1) is 0 Å². The summed E-state index contributed by atoms with van der Waals surface area (Å²) in [6, 6.07) is 0. The second-order valence-corrected chi connectivity index (χ2v) is 3.21. The van der Waals surface area contributed by atoms with Gasteiger partial charge < -0.3 is 30.0 Å². The average molecular weight is 208 g/mol. The lowest BCUT2D eigenvalue weighted by atomic mass is 9.89. The molecular formula is C8H16O6. The van der Waals surface area contributed by atoms with Gasteiger partial charge in [0, 0.05) is 7.11 Å². The van der Waals surface area contributed by atoms with Crippen molar-refractivity contribution in [3.63, 3.8) is 0 Å². The van der Waals surface area contributed by atoms with E-state index in [1.165, 1.54) is 7.11 Å². The molecule has 0 aliphatic carbocycles. The number of carbonyl (C=O) groups is 1. The lowest BCUT2D eigenvalue weighted by Gasteiger charge is -2.34. The van der Waals surface area contributed by atoms with Gasteiger partial charge in [-0.2, -0.15) is 0 Å². The zero-order chi connectivity index (χ0) is 11.4. The van der Waals surface area contributed by atoms with Gasteiger partial charge in [0.15, 0.2) is 6.29 Å². The summed E-state index contributed by atoms with van der Waals surface area (Å²) in [6.07, 6.45) is -4.14. The topological polar surface area (TPSA) is 107 Å². The van der Waals surface area contributed by atoms with Crippen molar-refractivity contribution in [3.05, 3.63) is 0 Å². The molecule has 0 aromatic heterocycles. The van der Waals surface area contributed by atoms with E-state index in [0.717, 1.165) is 6.92 Å². The van der Waals surface area contributed by atoms with E-state index >= 15 is 0 Å². The molecule has 84 valence electrons. The molecule has 0 heterocycles. The van der Waals surface area contributed by atoms with Crippen LogP contribution in [0.4, 0.5) is 0 Å². The fraction of sp³-hybridized carbons (Fsp3) is 0.875. The molecule has 0 radical (unpaired) electrons. The third-order valence-corrected chi connectivity index (χ3v) is 2.10. The first-order valence-corrected chi connectivity index (χ1v) is 4.09. The van der Waals surface area contributed by atoms with E-state index in [0.29, 0.717) is 6.29 Å². The van der Waals surface area contributed by atoms with Crippen LogP contribution in [-0.4, -0.2) is 64.3 Å². The van der Waals surface area contributed by atoms with E-state index in [2.05, 4.69) is 4.74 Å². The second kappa shape index (κ2) is 5.38. The minimum atomic E-state index is -1.95. The first kappa shape index (κ1) is 13.5. The SMILES string of the molecule is CO[C@@H](C=O)[C@@](C)(O)[C@H](O)[C@H](O)CO. The largest absolute Gasteiger partial charge is 0.394 e. The number of aliphatic hydroxyl groups is 4. The van der Waals surface area contributed by atoms with E-state index in [-0.39, 0.29) is 0 Å². The van der Waals surface area contributed by atoms with Crippen LogP contribution in [0.1, 0.15) is 6.92 Å². The van der Waals surface area contributed by atoms with Crippen molar-refractivity contribution in [2.45, 2.75) is 30.8 Å². The van der Waals surface area contributed by atoms with Crippen LogP contribution in [0.2, 0.25) is 0 Å². The summed E-state index contributed by atoms with van der Waals surface area (Å²) in [5, 5.41) is 36.7. The Hall–Kier alpha value is -0.530. The van der Waals surface area contributed by atoms with Gasteiger partial charge in [-0.05, 0) is 6.92 Å². The third-order valence-electron chi connectivity index (χ3n) is 2.10. The van der Waals surface area contributed by atoms with Gasteiger partial charge in [0.05, 0.1) is 6.61 Å². The molecule has 0 saturated heterocycles. The Morgan fingerprint density at radius 2 is 2.00 bits per heavy atom. The Balaban J connectivity index is 4.64. The summed E-state index contributed by atoms with van der Waals surface area (Å²) in [7, 11) is 1.19. The number of carbonyl (C=O) groups excluding carboxylic acids is 1. The Kier molecular flexibility index (Phi) is 5.17. The zero-order valence-electron chi connectivity index (χ0n) is 8.12. The van der Waals surface area contributed by atoms with Gasteiger partial charge in [0.25, 0.3) is 0 Å². The molecule has 0 amide bonds. The van der Waals surface area contributed by atoms with Crippen LogP contribution in [0.5, 0.6) is 0 Å². The van der Waals surface area contributed by atoms with E-state index < -0.39 is 30.5 Å². The Morgan fingerprint density at radius 1 is 1.50 bits per heavy atom. The highest BCUT2D eigenvalue weighted by Gasteiger charge is 2.42. The normalized spacial score (nSPS) is 22.1. The van der Waals surface area contributed by atoms with Crippen LogP contribution >= 0.6 is 0 Å². The van der Waals surface area contributed by atoms with Crippen LogP contribution in [-0.2, 0) is 9.53 Å². The van der Waals surface area contributed by atoms with Gasteiger partial charge in [-0.15, -0.1) is 0 Å². The minimum absolute atomic E-state index is 0.313. The van der Waals surface area contributed by atoms with Crippen LogP contribution in [0.3, 0.4) is 0 Å². The molecule has 6 heteroatoms. The maximum absolute atomic E-state index is 10.5. The minimum Gasteiger partial charge on any atom is -0.394 e. The molecule has 14 heavy (non-hydrogen) atoms. The predicted octanol–water partition coefficient (Wildman–Crippen LogP) is -2.33. The van der Waals surface area contributed by atoms with Crippen LogP contribution in [0.25, 0.3) is 0 Å². The Morgan fingerprint density at radius 3 is 2.29 bits per heavy atom. The van der Waals surface area contributed by atoms with Crippen molar-refractivity contribution in [1.82, 2.24) is 0 Å². The average Bonchev–Trinajstić information content (AvgIpc) is 2.16. The van der Waals surface area contributed by atoms with Gasteiger partial charge in [0.1, 0.15) is 23.9 Å². The molecule has 0 aromatic carbocycles. The van der Waals surface area contributed by atoms with Gasteiger partial charge >= 0.3 is 0 Å². The van der Waals surface area contributed by atoms with Crippen molar-refractivity contribution < 1.29 is 30.0 Å². The molecule has 0 spiro atoms. The summed E-state index contributed by atoms with van der Waals surface area (Å²) in [4.78, 5) is 10.5. The monoisotopic (exact) mass is 208 g/mol. The summed E-state index contributed by atoms with van der Waals surface area (Å²) < 4.78 is 4.61. The smallest absolute Gasteiger partial charge is 0.151 e. The van der Waals surface area contributed by atoms with Crippen molar-refractivity contribution in [1.29, 1.82) is 0 Å². The zero-order valence-corrected chi connectivity index (χ0v) is 8.12. The van der Waals surface area contributed by atoms with Crippen LogP contribution < -0.4 is 0 Å². The summed E-state index contributed by atoms with van der Waals surface area (Å²) in [5.74, 6) is 0. The fourth-order valence-corrected chi connectivity index (χ4v) is 1.09. The summed E-state index contributed by atoms with van der Waals surface area (Å²) in [5.41, 5.74) is -1.95. The van der Waals surface area contributed by atoms with E-state index in [1.54, 1.807) is 0 Å². The molecule has 4 N–H and O–H groups in total. The van der Waals surface area contributed by atoms with Gasteiger partial charge in [-0.1, -0.05) is 0 Å². The number of rotatable bonds is 6. The second-order valence-electron chi connectivity index (χ2n) is 3.21. The highest BCUT2D eigenvalue weighted by molar-refractivity contribution is 5.58. The Bertz CT molecular complexity index is 181. The van der Waals surface area contributed by atoms with Gasteiger partial charge in [-0.25, -0.2) is 0 Å². The molecule has 0 saturated carbocycles. The quantitative estimate of drug-likeness (QED) is 0.365. The van der Waals surface area contributed by atoms with Crippen molar-refractivity contribution >= 4 is 6.29 Å². The third kappa shape index (κ3) is 2.73. The molecule has 0 fully saturated rings. The lowest BCUT2D eigenvalue weighted by molar-refractivity contribution is -0.179. The molecule has 0 rings (SSSR count). The number of hydrogen-bond acceptors (Lipinski definition) is 6. The first-order valence-electron chi connectivity index (χ1n) is 4.09. The molecule has 0 bridgehead atoms. The van der Waals surface area contributed by atoms with E-state index in [4.69, 9.17) is 10.2 Å². The fourth-order valence-electron chi connectivity index (χ4n) is 1.09. The maximum Gasteiger partial charge on any atom is 0.151 e. The molecule has 0 aliphatic heterocycles. The molecule has 0 unspecified atom stereocenters. The molecule has 4 atom stereocenters. The van der Waals surface area contributed by atoms with Crippen LogP contribution in [0.15, 0.2) is 0 Å². The molecular weight excluding hydrogens is 192 g/mol. The standard InChI is InChI=1S/C8H16O6/c1-8(13,6(4-10)14-2)7(12)5(11)3-9/h4-7,9,11-13H,3H2,1-2H3/t5-,6+,7-,8-/m1/s1. The van der Waals surface area contributed by atoms with Gasteiger partial charge in [-0.3, -0.25) is 0 Å². The first-order chi connectivity index (χ1) is 6.41. The summed E-state index contributed by atoms with van der Waals surface area (Å²) in [6.45, 7) is 0.422. The number of ether oxygens (including phenoxy) is 1. The molecule has 6 nitrogen and oxygen atoms in total. The van der Waals surface area contributed by atoms with Gasteiger partial charge in [0.2, 0.25) is 0 Å². The van der Waals surface area contributed by atoms with Crippen molar-refractivity contribution in [2.24, 2.45) is 0 Å². The summed E-state index contributed by atoms with van der Waals surface area (Å²) >= 11 is 0.